The van der Waals surface area contributed by atoms with Crippen LogP contribution >= 0.6 is 0 Å². The molecule has 3 N–H and O–H groups in total. The smallest absolute Gasteiger partial charge is 0.330 e. The highest BCUT2D eigenvalue weighted by Gasteiger charge is 2.88. The normalized spacial score (nSPS) is 42.5. The number of alkyl halides is 2. The van der Waals surface area contributed by atoms with E-state index >= 15 is 0 Å². The first-order valence-corrected chi connectivity index (χ1v) is 5.59. The lowest BCUT2D eigenvalue weighted by Gasteiger charge is -2.21. The van der Waals surface area contributed by atoms with Gasteiger partial charge in [-0.15, -0.1) is 0 Å². The van der Waals surface area contributed by atoms with Crippen molar-refractivity contribution in [3.8, 4) is 0 Å². The third-order valence-corrected chi connectivity index (χ3v) is 3.85. The van der Waals surface area contributed by atoms with E-state index in [1.807, 2.05) is 0 Å². The fourth-order valence-electron chi connectivity index (χ4n) is 2.59. The summed E-state index contributed by atoms with van der Waals surface area (Å²) in [4.78, 5) is 23.9. The van der Waals surface area contributed by atoms with Crippen molar-refractivity contribution in [2.75, 3.05) is 6.67 Å². The van der Waals surface area contributed by atoms with Gasteiger partial charge in [-0.05, 0) is 0 Å². The lowest BCUT2D eigenvalue weighted by molar-refractivity contribution is -0.0991. The first-order chi connectivity index (χ1) is 9.29. The van der Waals surface area contributed by atoms with Gasteiger partial charge in [0.25, 0.3) is 5.56 Å². The summed E-state index contributed by atoms with van der Waals surface area (Å²) in [7, 11) is 0. The van der Waals surface area contributed by atoms with Crippen molar-refractivity contribution in [3.63, 3.8) is 0 Å². The van der Waals surface area contributed by atoms with Crippen LogP contribution in [0.25, 0.3) is 0 Å². The predicted molar refractivity (Wildman–Crippen MR) is 56.0 cm³/mol. The van der Waals surface area contributed by atoms with E-state index in [0.717, 1.165) is 0 Å². The molecule has 7 nitrogen and oxygen atoms in total. The number of hydrogen-bond acceptors (Lipinski definition) is 5. The zero-order valence-corrected chi connectivity index (χ0v) is 9.72. The van der Waals surface area contributed by atoms with E-state index in [1.165, 1.54) is 0 Å². The summed E-state index contributed by atoms with van der Waals surface area (Å²) in [6, 6.07) is 0. The van der Waals surface area contributed by atoms with Gasteiger partial charge in [-0.25, -0.2) is 13.6 Å². The third-order valence-electron chi connectivity index (χ3n) is 3.85. The number of aliphatic hydroxyl groups excluding tert-OH is 1. The second-order valence-electron chi connectivity index (χ2n) is 4.80. The van der Waals surface area contributed by atoms with Crippen molar-refractivity contribution in [3.05, 3.63) is 32.9 Å². The highest BCUT2D eigenvalue weighted by atomic mass is 19.1. The van der Waals surface area contributed by atoms with Crippen LogP contribution < -0.4 is 11.2 Å². The number of rotatable bonds is 2. The molecule has 0 spiro atoms. The fourth-order valence-corrected chi connectivity index (χ4v) is 2.59. The molecule has 2 heterocycles. The maximum atomic E-state index is 14.1. The summed E-state index contributed by atoms with van der Waals surface area (Å²) in [6.07, 6.45) is -5.60. The number of nitrogens with one attached hydrogen (secondary N) is 1. The summed E-state index contributed by atoms with van der Waals surface area (Å²) in [5, 5.41) is 19.2. The molecule has 20 heavy (non-hydrogen) atoms. The minimum atomic E-state index is -2.50. The van der Waals surface area contributed by atoms with Gasteiger partial charge in [0, 0.05) is 0 Å². The second kappa shape index (κ2) is 3.71. The predicted octanol–water partition coefficient (Wildman–Crippen LogP) is -1.64. The van der Waals surface area contributed by atoms with Gasteiger partial charge in [-0.2, -0.15) is 4.39 Å². The Kier molecular flexibility index (Phi) is 2.48. The van der Waals surface area contributed by atoms with Crippen molar-refractivity contribution in [1.29, 1.82) is 0 Å². The van der Waals surface area contributed by atoms with Crippen LogP contribution in [-0.4, -0.2) is 49.9 Å². The van der Waals surface area contributed by atoms with E-state index in [9.17, 15) is 33.0 Å². The SMILES string of the molecule is O=c1[nH]c(=O)n([C@@H]2O[C@]3(CF)C(O)[C@]3(O)[C@H]2F)cc1F. The van der Waals surface area contributed by atoms with Crippen LogP contribution in [0.1, 0.15) is 6.23 Å². The number of nitrogens with zero attached hydrogens (tertiary/aromatic N) is 1. The van der Waals surface area contributed by atoms with Crippen molar-refractivity contribution in [2.45, 2.75) is 29.7 Å². The standard InChI is InChI=1S/C10H9F3N2O5/c11-2-9-7(17)10(9,19)4(13)6(20-9)15-1-3(12)5(16)14-8(15)18/h1,4,6-7,17,19H,2H2,(H,14,16,18)/t4-,6+,7?,9+,10+/m0/s1. The molecule has 0 amide bonds. The van der Waals surface area contributed by atoms with E-state index in [-0.39, 0.29) is 0 Å². The molecule has 0 bridgehead atoms. The quantitative estimate of drug-likeness (QED) is 0.606. The summed E-state index contributed by atoms with van der Waals surface area (Å²) in [5.74, 6) is -1.37. The number of aromatic amines is 1. The number of halogens is 3. The van der Waals surface area contributed by atoms with E-state index in [1.54, 1.807) is 4.98 Å². The molecular formula is C10H9F3N2O5. The molecule has 110 valence electrons. The molecular weight excluding hydrogens is 285 g/mol. The van der Waals surface area contributed by atoms with Gasteiger partial charge in [0.1, 0.15) is 12.8 Å². The average molecular weight is 294 g/mol. The molecule has 1 saturated carbocycles. The van der Waals surface area contributed by atoms with Gasteiger partial charge in [0.2, 0.25) is 5.82 Å². The summed E-state index contributed by atoms with van der Waals surface area (Å²) >= 11 is 0. The van der Waals surface area contributed by atoms with Crippen LogP contribution in [0.5, 0.6) is 0 Å². The van der Waals surface area contributed by atoms with Gasteiger partial charge >= 0.3 is 5.69 Å². The van der Waals surface area contributed by atoms with E-state index in [0.29, 0.717) is 10.8 Å². The molecule has 1 unspecified atom stereocenters. The van der Waals surface area contributed by atoms with Crippen molar-refractivity contribution >= 4 is 0 Å². The minimum Gasteiger partial charge on any atom is -0.387 e. The van der Waals surface area contributed by atoms with Crippen molar-refractivity contribution < 1.29 is 28.1 Å². The maximum absolute atomic E-state index is 14.1. The highest BCUT2D eigenvalue weighted by molar-refractivity contribution is 5.35. The highest BCUT2D eigenvalue weighted by Crippen LogP contribution is 2.63. The number of fused-ring (bicyclic) bond motifs is 1. The van der Waals surface area contributed by atoms with Gasteiger partial charge in [-0.3, -0.25) is 14.3 Å². The molecule has 1 aromatic rings. The van der Waals surface area contributed by atoms with Crippen molar-refractivity contribution in [1.82, 2.24) is 9.55 Å². The molecule has 2 aliphatic rings. The topological polar surface area (TPSA) is 105 Å². The Morgan fingerprint density at radius 3 is 2.70 bits per heavy atom. The van der Waals surface area contributed by atoms with Gasteiger partial charge in [-0.1, -0.05) is 0 Å². The van der Waals surface area contributed by atoms with E-state index in [2.05, 4.69) is 0 Å². The van der Waals surface area contributed by atoms with Crippen LogP contribution in [-0.2, 0) is 4.74 Å². The molecule has 1 aromatic heterocycles. The Morgan fingerprint density at radius 2 is 2.15 bits per heavy atom. The Morgan fingerprint density at radius 1 is 1.50 bits per heavy atom. The molecule has 1 saturated heterocycles. The lowest BCUT2D eigenvalue weighted by Crippen LogP contribution is -2.40. The second-order valence-corrected chi connectivity index (χ2v) is 4.80. The van der Waals surface area contributed by atoms with E-state index < -0.39 is 53.4 Å². The van der Waals surface area contributed by atoms with Crippen LogP contribution in [0.4, 0.5) is 13.2 Å². The van der Waals surface area contributed by atoms with Gasteiger partial charge in [0.05, 0.1) is 6.20 Å². The van der Waals surface area contributed by atoms with Crippen molar-refractivity contribution in [2.24, 2.45) is 0 Å². The van der Waals surface area contributed by atoms with Crippen LogP contribution in [0.2, 0.25) is 0 Å². The van der Waals surface area contributed by atoms with E-state index in [4.69, 9.17) is 4.74 Å². The molecule has 0 radical (unpaired) electrons. The zero-order chi connectivity index (χ0) is 14.9. The Hall–Kier alpha value is -1.65. The fraction of sp³-hybridized carbons (Fsp3) is 0.600. The zero-order valence-electron chi connectivity index (χ0n) is 9.72. The number of H-pyrrole nitrogens is 1. The number of hydrogen-bond donors (Lipinski definition) is 3. The Labute approximate surface area is 108 Å². The van der Waals surface area contributed by atoms with Gasteiger partial charge in [0.15, 0.2) is 23.6 Å². The average Bonchev–Trinajstić information content (AvgIpc) is 2.76. The number of aromatic nitrogens is 2. The Bertz CT molecular complexity index is 686. The molecule has 1 aliphatic heterocycles. The monoisotopic (exact) mass is 294 g/mol. The largest absolute Gasteiger partial charge is 0.387 e. The minimum absolute atomic E-state index is 0.357. The molecule has 1 aliphatic carbocycles. The lowest BCUT2D eigenvalue weighted by atomic mass is 10.1. The number of aliphatic hydroxyl groups is 2. The third kappa shape index (κ3) is 1.26. The molecule has 5 atom stereocenters. The number of ether oxygens (including phenoxy) is 1. The summed E-state index contributed by atoms with van der Waals surface area (Å²) in [5.41, 5.74) is -7.16. The molecule has 2 fully saturated rings. The maximum Gasteiger partial charge on any atom is 0.330 e. The van der Waals surface area contributed by atoms with Crippen LogP contribution in [0, 0.1) is 5.82 Å². The first kappa shape index (κ1) is 13.3. The molecule has 0 aromatic carbocycles. The van der Waals surface area contributed by atoms with Crippen LogP contribution in [0.3, 0.4) is 0 Å². The first-order valence-electron chi connectivity index (χ1n) is 5.59. The Balaban J connectivity index is 2.05. The summed E-state index contributed by atoms with van der Waals surface area (Å²) < 4.78 is 45.4. The summed E-state index contributed by atoms with van der Waals surface area (Å²) in [6.45, 7) is -1.39. The van der Waals surface area contributed by atoms with Gasteiger partial charge < -0.3 is 14.9 Å². The molecule has 10 heteroatoms. The van der Waals surface area contributed by atoms with Crippen LogP contribution in [0.15, 0.2) is 15.8 Å². The molecule has 3 rings (SSSR count).